The zero-order chi connectivity index (χ0) is 13.0. The molecule has 1 N–H and O–H groups in total. The first-order valence-corrected chi connectivity index (χ1v) is 8.30. The van der Waals surface area contributed by atoms with Crippen molar-refractivity contribution in [3.05, 3.63) is 29.3 Å². The monoisotopic (exact) mass is 287 g/mol. The van der Waals surface area contributed by atoms with E-state index < -0.39 is 9.84 Å². The number of rotatable bonds is 4. The van der Waals surface area contributed by atoms with Crippen LogP contribution in [0.5, 0.6) is 0 Å². The maximum atomic E-state index is 12.1. The van der Waals surface area contributed by atoms with Gasteiger partial charge in [0, 0.05) is 5.02 Å². The molecule has 1 aliphatic heterocycles. The maximum absolute atomic E-state index is 12.1. The van der Waals surface area contributed by atoms with Crippen LogP contribution in [0.25, 0.3) is 0 Å². The van der Waals surface area contributed by atoms with Crippen LogP contribution in [0.3, 0.4) is 0 Å². The SMILES string of the molecule is O=S(=O)(CCC1CCCNC1)c1ccc(Cl)cc1. The van der Waals surface area contributed by atoms with Crippen LogP contribution in [0.1, 0.15) is 19.3 Å². The van der Waals surface area contributed by atoms with Crippen LogP contribution in [-0.2, 0) is 9.84 Å². The fourth-order valence-electron chi connectivity index (χ4n) is 2.25. The molecule has 1 unspecified atom stereocenters. The molecule has 0 bridgehead atoms. The lowest BCUT2D eigenvalue weighted by atomic mass is 9.97. The Morgan fingerprint density at radius 3 is 2.61 bits per heavy atom. The van der Waals surface area contributed by atoms with Crippen molar-refractivity contribution in [1.82, 2.24) is 5.32 Å². The van der Waals surface area contributed by atoms with Crippen molar-refractivity contribution in [3.63, 3.8) is 0 Å². The Morgan fingerprint density at radius 1 is 1.28 bits per heavy atom. The summed E-state index contributed by atoms with van der Waals surface area (Å²) in [6.07, 6.45) is 3.01. The molecule has 1 fully saturated rings. The zero-order valence-electron chi connectivity index (χ0n) is 10.2. The number of nitrogens with one attached hydrogen (secondary N) is 1. The van der Waals surface area contributed by atoms with E-state index >= 15 is 0 Å². The van der Waals surface area contributed by atoms with Gasteiger partial charge in [-0.15, -0.1) is 0 Å². The number of sulfone groups is 1. The van der Waals surface area contributed by atoms with E-state index in [1.807, 2.05) is 0 Å². The lowest BCUT2D eigenvalue weighted by Crippen LogP contribution is -2.30. The smallest absolute Gasteiger partial charge is 0.178 e. The summed E-state index contributed by atoms with van der Waals surface area (Å²) in [6, 6.07) is 6.40. The average molecular weight is 288 g/mol. The van der Waals surface area contributed by atoms with Crippen LogP contribution in [0, 0.1) is 5.92 Å². The first kappa shape index (κ1) is 13.8. The van der Waals surface area contributed by atoms with Gasteiger partial charge in [-0.05, 0) is 62.5 Å². The molecule has 1 atom stereocenters. The summed E-state index contributed by atoms with van der Waals surface area (Å²) in [5.41, 5.74) is 0. The molecule has 18 heavy (non-hydrogen) atoms. The summed E-state index contributed by atoms with van der Waals surface area (Å²) in [4.78, 5) is 0.371. The third-order valence-electron chi connectivity index (χ3n) is 3.37. The molecule has 2 rings (SSSR count). The van der Waals surface area contributed by atoms with Crippen molar-refractivity contribution in [2.24, 2.45) is 5.92 Å². The highest BCUT2D eigenvalue weighted by Gasteiger charge is 2.19. The van der Waals surface area contributed by atoms with Crippen molar-refractivity contribution in [2.45, 2.75) is 24.2 Å². The molecule has 0 aromatic heterocycles. The summed E-state index contributed by atoms with van der Waals surface area (Å²) in [7, 11) is -3.16. The predicted octanol–water partition coefficient (Wildman–Crippen LogP) is 2.50. The maximum Gasteiger partial charge on any atom is 0.178 e. The molecule has 1 aliphatic rings. The molecule has 1 aromatic carbocycles. The van der Waals surface area contributed by atoms with Gasteiger partial charge in [-0.2, -0.15) is 0 Å². The highest BCUT2D eigenvalue weighted by molar-refractivity contribution is 7.91. The second kappa shape index (κ2) is 6.04. The second-order valence-electron chi connectivity index (χ2n) is 4.77. The Balaban J connectivity index is 1.96. The standard InChI is InChI=1S/C13H18ClNO2S/c14-12-3-5-13(6-4-12)18(16,17)9-7-11-2-1-8-15-10-11/h3-6,11,15H,1-2,7-10H2. The van der Waals surface area contributed by atoms with Gasteiger partial charge in [0.2, 0.25) is 0 Å². The highest BCUT2D eigenvalue weighted by atomic mass is 35.5. The molecule has 5 heteroatoms. The summed E-state index contributed by atoms with van der Waals surface area (Å²) >= 11 is 5.76. The third kappa shape index (κ3) is 3.70. The number of benzene rings is 1. The van der Waals surface area contributed by atoms with Gasteiger partial charge in [-0.25, -0.2) is 8.42 Å². The minimum atomic E-state index is -3.16. The molecule has 0 saturated carbocycles. The second-order valence-corrected chi connectivity index (χ2v) is 7.32. The van der Waals surface area contributed by atoms with Crippen LogP contribution in [0.15, 0.2) is 29.2 Å². The first-order chi connectivity index (χ1) is 8.58. The molecule has 1 aromatic rings. The van der Waals surface area contributed by atoms with Gasteiger partial charge in [0.1, 0.15) is 0 Å². The Morgan fingerprint density at radius 2 is 2.00 bits per heavy atom. The Labute approximate surface area is 113 Å². The van der Waals surface area contributed by atoms with E-state index in [1.54, 1.807) is 24.3 Å². The zero-order valence-corrected chi connectivity index (χ0v) is 11.8. The number of halogens is 1. The Bertz CT molecular complexity index is 478. The predicted molar refractivity (Wildman–Crippen MR) is 73.7 cm³/mol. The molecule has 0 aliphatic carbocycles. The van der Waals surface area contributed by atoms with Gasteiger partial charge in [0.25, 0.3) is 0 Å². The van der Waals surface area contributed by atoms with Crippen LogP contribution >= 0.6 is 11.6 Å². The van der Waals surface area contributed by atoms with E-state index in [4.69, 9.17) is 11.6 Å². The van der Waals surface area contributed by atoms with Crippen LogP contribution < -0.4 is 5.32 Å². The van der Waals surface area contributed by atoms with Crippen molar-refractivity contribution in [2.75, 3.05) is 18.8 Å². The molecule has 0 spiro atoms. The number of piperidine rings is 1. The third-order valence-corrected chi connectivity index (χ3v) is 5.38. The largest absolute Gasteiger partial charge is 0.316 e. The summed E-state index contributed by atoms with van der Waals surface area (Å²) in [5.74, 6) is 0.710. The van der Waals surface area contributed by atoms with Gasteiger partial charge in [-0.3, -0.25) is 0 Å². The number of hydrogen-bond acceptors (Lipinski definition) is 3. The van der Waals surface area contributed by atoms with Gasteiger partial charge in [-0.1, -0.05) is 11.6 Å². The summed E-state index contributed by atoms with van der Waals surface area (Å²) in [6.45, 7) is 2.00. The van der Waals surface area contributed by atoms with Crippen LogP contribution in [0.4, 0.5) is 0 Å². The normalized spacial score (nSPS) is 20.8. The molecular weight excluding hydrogens is 270 g/mol. The van der Waals surface area contributed by atoms with Gasteiger partial charge in [0.05, 0.1) is 10.6 Å². The van der Waals surface area contributed by atoms with E-state index in [0.717, 1.165) is 32.4 Å². The number of hydrogen-bond donors (Lipinski definition) is 1. The van der Waals surface area contributed by atoms with E-state index in [0.29, 0.717) is 15.8 Å². The van der Waals surface area contributed by atoms with E-state index in [-0.39, 0.29) is 5.75 Å². The molecule has 100 valence electrons. The van der Waals surface area contributed by atoms with Gasteiger partial charge < -0.3 is 5.32 Å². The van der Waals surface area contributed by atoms with Gasteiger partial charge >= 0.3 is 0 Å². The van der Waals surface area contributed by atoms with Crippen molar-refractivity contribution in [3.8, 4) is 0 Å². The molecule has 0 radical (unpaired) electrons. The molecule has 1 heterocycles. The lowest BCUT2D eigenvalue weighted by Gasteiger charge is -2.22. The lowest BCUT2D eigenvalue weighted by molar-refractivity contribution is 0.369. The molecule has 1 saturated heterocycles. The van der Waals surface area contributed by atoms with Crippen LogP contribution in [0.2, 0.25) is 5.02 Å². The fraction of sp³-hybridized carbons (Fsp3) is 0.538. The van der Waals surface area contributed by atoms with E-state index in [2.05, 4.69) is 5.32 Å². The highest BCUT2D eigenvalue weighted by Crippen LogP contribution is 2.20. The van der Waals surface area contributed by atoms with Crippen molar-refractivity contribution >= 4 is 21.4 Å². The minimum Gasteiger partial charge on any atom is -0.316 e. The van der Waals surface area contributed by atoms with E-state index in [1.165, 1.54) is 0 Å². The molecule has 0 amide bonds. The summed E-state index contributed by atoms with van der Waals surface area (Å²) < 4.78 is 24.2. The van der Waals surface area contributed by atoms with E-state index in [9.17, 15) is 8.42 Å². The van der Waals surface area contributed by atoms with Crippen molar-refractivity contribution < 1.29 is 8.42 Å². The minimum absolute atomic E-state index is 0.223. The Hall–Kier alpha value is -0.580. The Kier molecular flexibility index (Phi) is 4.65. The summed E-state index contributed by atoms with van der Waals surface area (Å²) in [5, 5.41) is 3.87. The van der Waals surface area contributed by atoms with Crippen molar-refractivity contribution in [1.29, 1.82) is 0 Å². The van der Waals surface area contributed by atoms with Crippen LogP contribution in [-0.4, -0.2) is 27.3 Å². The molecular formula is C13H18ClNO2S. The molecule has 3 nitrogen and oxygen atoms in total. The topological polar surface area (TPSA) is 46.2 Å². The average Bonchev–Trinajstić information content (AvgIpc) is 2.38. The van der Waals surface area contributed by atoms with Gasteiger partial charge in [0.15, 0.2) is 9.84 Å². The fourth-order valence-corrected chi connectivity index (χ4v) is 3.81. The first-order valence-electron chi connectivity index (χ1n) is 6.27. The quantitative estimate of drug-likeness (QED) is 0.925.